The second-order valence-electron chi connectivity index (χ2n) is 8.72. The maximum Gasteiger partial charge on any atom is 0.329 e. The van der Waals surface area contributed by atoms with E-state index in [2.05, 4.69) is 5.32 Å². The van der Waals surface area contributed by atoms with Crippen molar-refractivity contribution in [3.8, 4) is 0 Å². The third kappa shape index (κ3) is 3.55. The number of aryl methyl sites for hydroxylation is 2. The highest BCUT2D eigenvalue weighted by Gasteiger charge is 2.56. The van der Waals surface area contributed by atoms with Gasteiger partial charge in [0.1, 0.15) is 5.54 Å². The zero-order valence-corrected chi connectivity index (χ0v) is 18.0. The highest BCUT2D eigenvalue weighted by atomic mass is 32.2. The van der Waals surface area contributed by atoms with Gasteiger partial charge in [-0.1, -0.05) is 12.1 Å². The molecule has 8 nitrogen and oxygen atoms in total. The van der Waals surface area contributed by atoms with Crippen LogP contribution >= 0.6 is 0 Å². The fraction of sp³-hybridized carbons (Fsp3) is 0.600. The summed E-state index contributed by atoms with van der Waals surface area (Å²) in [7, 11) is -3.55. The summed E-state index contributed by atoms with van der Waals surface area (Å²) in [6, 6.07) is 5.13. The molecule has 1 atom stereocenters. The largest absolute Gasteiger partial charge is 0.329 e. The summed E-state index contributed by atoms with van der Waals surface area (Å²) in [5.74, 6) is 0.0847. The molecule has 4 rings (SSSR count). The molecule has 1 aliphatic carbocycles. The fourth-order valence-electron chi connectivity index (χ4n) is 4.35. The van der Waals surface area contributed by atoms with Crippen molar-refractivity contribution in [1.29, 1.82) is 0 Å². The first-order chi connectivity index (χ1) is 13.6. The molecule has 158 valence electrons. The molecule has 3 fully saturated rings. The molecule has 3 aliphatic rings. The number of amides is 3. The Morgan fingerprint density at radius 3 is 2.45 bits per heavy atom. The van der Waals surface area contributed by atoms with Crippen LogP contribution in [0.25, 0.3) is 0 Å². The van der Waals surface area contributed by atoms with E-state index in [9.17, 15) is 18.0 Å². The van der Waals surface area contributed by atoms with E-state index in [1.807, 2.05) is 32.9 Å². The summed E-state index contributed by atoms with van der Waals surface area (Å²) >= 11 is 0. The predicted molar refractivity (Wildman–Crippen MR) is 107 cm³/mol. The third-order valence-corrected chi connectivity index (χ3v) is 8.51. The van der Waals surface area contributed by atoms with Gasteiger partial charge in [-0.15, -0.1) is 0 Å². The van der Waals surface area contributed by atoms with Gasteiger partial charge in [0.05, 0.1) is 31.1 Å². The molecule has 2 N–H and O–H groups in total. The summed E-state index contributed by atoms with van der Waals surface area (Å²) in [5, 5.41) is 2.87. The fourth-order valence-corrected chi connectivity index (χ4v) is 6.10. The number of nitrogens with zero attached hydrogens (tertiary/aromatic N) is 2. The number of piperazine rings is 1. The van der Waals surface area contributed by atoms with Crippen molar-refractivity contribution in [3.63, 3.8) is 0 Å². The van der Waals surface area contributed by atoms with E-state index < -0.39 is 15.6 Å². The van der Waals surface area contributed by atoms with Crippen molar-refractivity contribution < 1.29 is 22.9 Å². The van der Waals surface area contributed by atoms with Crippen LogP contribution in [0.2, 0.25) is 0 Å². The summed E-state index contributed by atoms with van der Waals surface area (Å²) < 4.78 is 27.7. The molecule has 2 aliphatic heterocycles. The monoisotopic (exact) mass is 421 g/mol. The van der Waals surface area contributed by atoms with Crippen molar-refractivity contribution in [2.24, 2.45) is 5.92 Å². The quantitative estimate of drug-likeness (QED) is 0.648. The summed E-state index contributed by atoms with van der Waals surface area (Å²) in [4.78, 5) is 27.9. The lowest BCUT2D eigenvalue weighted by Gasteiger charge is -2.33. The van der Waals surface area contributed by atoms with Crippen LogP contribution in [0.5, 0.6) is 0 Å². The van der Waals surface area contributed by atoms with Crippen molar-refractivity contribution in [2.75, 3.05) is 32.8 Å². The molecule has 0 unspecified atom stereocenters. The molecule has 2 saturated heterocycles. The van der Waals surface area contributed by atoms with Gasteiger partial charge >= 0.3 is 6.03 Å². The van der Waals surface area contributed by atoms with Crippen molar-refractivity contribution in [3.05, 3.63) is 29.3 Å². The van der Waals surface area contributed by atoms with Gasteiger partial charge in [-0.3, -0.25) is 4.79 Å². The van der Waals surface area contributed by atoms with E-state index in [0.717, 1.165) is 28.9 Å². The van der Waals surface area contributed by atoms with Crippen LogP contribution in [0.1, 0.15) is 30.9 Å². The van der Waals surface area contributed by atoms with Gasteiger partial charge in [0.15, 0.2) is 6.67 Å². The van der Waals surface area contributed by atoms with Crippen molar-refractivity contribution in [2.45, 2.75) is 44.0 Å². The molecule has 1 aromatic carbocycles. The highest BCUT2D eigenvalue weighted by molar-refractivity contribution is 7.89. The van der Waals surface area contributed by atoms with Crippen LogP contribution in [-0.2, 0) is 14.8 Å². The number of imide groups is 1. The first kappa shape index (κ1) is 20.3. The Balaban J connectivity index is 1.40. The molecule has 0 bridgehead atoms. The molecule has 1 saturated carbocycles. The van der Waals surface area contributed by atoms with Crippen LogP contribution in [0, 0.1) is 19.8 Å². The summed E-state index contributed by atoms with van der Waals surface area (Å²) in [5.41, 5.74) is 0.879. The number of carbonyl (C=O) groups is 2. The van der Waals surface area contributed by atoms with Gasteiger partial charge in [0.25, 0.3) is 5.91 Å². The van der Waals surface area contributed by atoms with Crippen LogP contribution in [0.15, 0.2) is 23.1 Å². The van der Waals surface area contributed by atoms with Gasteiger partial charge < -0.3 is 10.2 Å². The van der Waals surface area contributed by atoms with Gasteiger partial charge in [-0.05, 0) is 56.7 Å². The predicted octanol–water partition coefficient (Wildman–Crippen LogP) is -0.129. The Morgan fingerprint density at radius 2 is 1.83 bits per heavy atom. The van der Waals surface area contributed by atoms with Crippen molar-refractivity contribution >= 4 is 22.0 Å². The molecule has 0 aromatic heterocycles. The average molecular weight is 422 g/mol. The van der Waals surface area contributed by atoms with E-state index in [1.54, 1.807) is 6.07 Å². The lowest BCUT2D eigenvalue weighted by atomic mass is 9.96. The standard InChI is InChI=1S/C20H28N4O4S/c1-14-4-5-15(2)17(12-14)29(27,28)23-10-8-22(9-11-23)13-24-18(25)20(3,16-6-7-16)21-19(24)26/h4-5,12,16H,6-11,13H2,1-3H3,(H,21,26)/p+1/t20-/m0/s1. The van der Waals surface area contributed by atoms with E-state index in [1.165, 1.54) is 9.21 Å². The van der Waals surface area contributed by atoms with E-state index in [0.29, 0.717) is 31.1 Å². The Morgan fingerprint density at radius 1 is 1.17 bits per heavy atom. The number of benzene rings is 1. The second kappa shape index (κ2) is 7.07. The summed E-state index contributed by atoms with van der Waals surface area (Å²) in [6.45, 7) is 7.64. The lowest BCUT2D eigenvalue weighted by Crippen LogP contribution is -3.16. The first-order valence-corrected chi connectivity index (χ1v) is 11.6. The topological polar surface area (TPSA) is 91.2 Å². The van der Waals surface area contributed by atoms with E-state index in [-0.39, 0.29) is 24.5 Å². The molecule has 0 spiro atoms. The average Bonchev–Trinajstić information content (AvgIpc) is 3.50. The minimum atomic E-state index is -3.55. The maximum absolute atomic E-state index is 13.1. The SMILES string of the molecule is Cc1ccc(C)c(S(=O)(=O)N2CC[NH+](CN3C(=O)N[C@@](C)(C4CC4)C3=O)CC2)c1. The van der Waals surface area contributed by atoms with Crippen molar-refractivity contribution in [1.82, 2.24) is 14.5 Å². The molecule has 9 heteroatoms. The number of nitrogens with one attached hydrogen (secondary N) is 2. The summed E-state index contributed by atoms with van der Waals surface area (Å²) in [6.07, 6.45) is 1.94. The number of sulfonamides is 1. The molecular formula is C20H29N4O4S+. The minimum absolute atomic E-state index is 0.150. The van der Waals surface area contributed by atoms with Crippen LogP contribution < -0.4 is 10.2 Å². The second-order valence-corrected chi connectivity index (χ2v) is 10.6. The Bertz CT molecular complexity index is 951. The number of carbonyl (C=O) groups excluding carboxylic acids is 2. The highest BCUT2D eigenvalue weighted by Crippen LogP contribution is 2.42. The third-order valence-electron chi connectivity index (χ3n) is 6.47. The lowest BCUT2D eigenvalue weighted by molar-refractivity contribution is -0.910. The van der Waals surface area contributed by atoms with Gasteiger partial charge in [-0.25, -0.2) is 18.1 Å². The first-order valence-electron chi connectivity index (χ1n) is 10.2. The molecule has 3 amide bonds. The smallest absolute Gasteiger partial charge is 0.323 e. The Labute approximate surface area is 171 Å². The van der Waals surface area contributed by atoms with Crippen LogP contribution in [0.3, 0.4) is 0 Å². The Hall–Kier alpha value is -1.97. The molecule has 0 radical (unpaired) electrons. The Kier molecular flexibility index (Phi) is 4.95. The van der Waals surface area contributed by atoms with Gasteiger partial charge in [-0.2, -0.15) is 4.31 Å². The number of hydrogen-bond acceptors (Lipinski definition) is 4. The zero-order valence-electron chi connectivity index (χ0n) is 17.2. The van der Waals surface area contributed by atoms with Gasteiger partial charge in [0.2, 0.25) is 10.0 Å². The van der Waals surface area contributed by atoms with E-state index >= 15 is 0 Å². The minimum Gasteiger partial charge on any atom is -0.323 e. The van der Waals surface area contributed by atoms with Crippen LogP contribution in [0.4, 0.5) is 4.79 Å². The number of hydrogen-bond donors (Lipinski definition) is 2. The van der Waals surface area contributed by atoms with Gasteiger partial charge in [0, 0.05) is 0 Å². The molecule has 1 aromatic rings. The normalized spacial score (nSPS) is 26.8. The maximum atomic E-state index is 13.1. The number of quaternary nitrogens is 1. The number of rotatable bonds is 5. The zero-order chi connectivity index (χ0) is 21.0. The molecule has 2 heterocycles. The van der Waals surface area contributed by atoms with E-state index in [4.69, 9.17) is 0 Å². The molecular weight excluding hydrogens is 392 g/mol. The molecule has 29 heavy (non-hydrogen) atoms. The number of urea groups is 1. The van der Waals surface area contributed by atoms with Crippen LogP contribution in [-0.4, -0.2) is 67.9 Å².